The summed E-state index contributed by atoms with van der Waals surface area (Å²) >= 11 is 0. The molecule has 5 nitrogen and oxygen atoms in total. The summed E-state index contributed by atoms with van der Waals surface area (Å²) in [5.74, 6) is -2.50. The maximum Gasteiger partial charge on any atom is 0.339 e. The Morgan fingerprint density at radius 2 is 2.00 bits per heavy atom. The molecule has 1 aromatic carbocycles. The number of aromatic amines is 1. The fourth-order valence-corrected chi connectivity index (χ4v) is 1.89. The van der Waals surface area contributed by atoms with Gasteiger partial charge in [0.1, 0.15) is 11.4 Å². The van der Waals surface area contributed by atoms with Crippen LogP contribution in [0.1, 0.15) is 32.0 Å². The molecule has 20 heavy (non-hydrogen) atoms. The van der Waals surface area contributed by atoms with E-state index in [9.17, 15) is 14.0 Å². The first-order valence-corrected chi connectivity index (χ1v) is 5.89. The number of benzene rings is 1. The lowest BCUT2D eigenvalue weighted by Crippen LogP contribution is -2.15. The Hall–Kier alpha value is -2.63. The van der Waals surface area contributed by atoms with Gasteiger partial charge in [-0.05, 0) is 31.5 Å². The van der Waals surface area contributed by atoms with Gasteiger partial charge >= 0.3 is 5.97 Å². The molecule has 1 aromatic heterocycles. The van der Waals surface area contributed by atoms with Crippen molar-refractivity contribution in [2.75, 3.05) is 5.32 Å². The van der Waals surface area contributed by atoms with Crippen molar-refractivity contribution >= 4 is 17.6 Å². The molecule has 0 radical (unpaired) electrons. The number of hydrogen-bond donors (Lipinski definition) is 3. The van der Waals surface area contributed by atoms with Crippen LogP contribution in [0, 0.1) is 19.7 Å². The van der Waals surface area contributed by atoms with Crippen molar-refractivity contribution in [3.8, 4) is 0 Å². The number of carboxylic acids is 1. The van der Waals surface area contributed by atoms with Crippen molar-refractivity contribution in [3.05, 3.63) is 52.6 Å². The van der Waals surface area contributed by atoms with Crippen molar-refractivity contribution in [1.82, 2.24) is 4.98 Å². The number of hydrogen-bond acceptors (Lipinski definition) is 2. The van der Waals surface area contributed by atoms with Gasteiger partial charge in [-0.1, -0.05) is 6.07 Å². The Morgan fingerprint density at radius 3 is 2.60 bits per heavy atom. The van der Waals surface area contributed by atoms with Crippen LogP contribution in [0.5, 0.6) is 0 Å². The highest BCUT2D eigenvalue weighted by Gasteiger charge is 2.19. The lowest BCUT2D eigenvalue weighted by atomic mass is 10.1. The third kappa shape index (κ3) is 2.54. The van der Waals surface area contributed by atoms with Gasteiger partial charge in [0.05, 0.1) is 11.3 Å². The van der Waals surface area contributed by atoms with Gasteiger partial charge in [0.15, 0.2) is 0 Å². The molecule has 0 aliphatic carbocycles. The van der Waals surface area contributed by atoms with Crippen LogP contribution in [0.4, 0.5) is 10.1 Å². The summed E-state index contributed by atoms with van der Waals surface area (Å²) in [7, 11) is 0. The number of carbonyl (C=O) groups excluding carboxylic acids is 1. The van der Waals surface area contributed by atoms with Crippen molar-refractivity contribution in [1.29, 1.82) is 0 Å². The molecule has 3 N–H and O–H groups in total. The monoisotopic (exact) mass is 276 g/mol. The van der Waals surface area contributed by atoms with Crippen LogP contribution in [0.2, 0.25) is 0 Å². The molecule has 0 spiro atoms. The molecule has 1 heterocycles. The van der Waals surface area contributed by atoms with Gasteiger partial charge in [0, 0.05) is 11.9 Å². The van der Waals surface area contributed by atoms with Gasteiger partial charge in [0.2, 0.25) is 0 Å². The minimum absolute atomic E-state index is 0.0362. The number of carbonyl (C=O) groups is 2. The first kappa shape index (κ1) is 13.8. The molecule has 0 unspecified atom stereocenters. The van der Waals surface area contributed by atoms with Gasteiger partial charge in [-0.15, -0.1) is 0 Å². The van der Waals surface area contributed by atoms with E-state index in [0.717, 1.165) is 0 Å². The van der Waals surface area contributed by atoms with Crippen LogP contribution in [0.25, 0.3) is 0 Å². The number of aromatic nitrogens is 1. The Labute approximate surface area is 114 Å². The molecule has 0 bridgehead atoms. The Balaban J connectivity index is 2.31. The molecule has 0 saturated heterocycles. The van der Waals surface area contributed by atoms with E-state index in [1.807, 2.05) is 0 Å². The zero-order chi connectivity index (χ0) is 14.9. The lowest BCUT2D eigenvalue weighted by Gasteiger charge is -2.06. The third-order valence-electron chi connectivity index (χ3n) is 2.91. The topological polar surface area (TPSA) is 82.2 Å². The molecule has 1 amide bonds. The lowest BCUT2D eigenvalue weighted by molar-refractivity contribution is 0.0697. The number of halogens is 1. The minimum Gasteiger partial charge on any atom is -0.478 e. The molecule has 0 aliphatic heterocycles. The van der Waals surface area contributed by atoms with Crippen LogP contribution in [0.3, 0.4) is 0 Å². The van der Waals surface area contributed by atoms with E-state index in [4.69, 9.17) is 5.11 Å². The summed E-state index contributed by atoms with van der Waals surface area (Å²) in [5, 5.41) is 11.5. The van der Waals surface area contributed by atoms with Gasteiger partial charge < -0.3 is 15.4 Å². The third-order valence-corrected chi connectivity index (χ3v) is 2.91. The van der Waals surface area contributed by atoms with E-state index < -0.39 is 17.7 Å². The summed E-state index contributed by atoms with van der Waals surface area (Å²) in [5.41, 5.74) is 1.05. The standard InChI is InChI=1S/C14H13FN2O3/c1-7-3-4-9(10(15)5-7)13(18)17-11-6-16-8(2)12(11)14(19)20/h3-6,16H,1-2H3,(H,17,18)(H,19,20). The zero-order valence-electron chi connectivity index (χ0n) is 11.0. The number of amides is 1. The van der Waals surface area contributed by atoms with E-state index in [1.165, 1.54) is 18.3 Å². The number of nitrogens with one attached hydrogen (secondary N) is 2. The molecule has 2 aromatic rings. The van der Waals surface area contributed by atoms with Crippen LogP contribution in [-0.2, 0) is 0 Å². The van der Waals surface area contributed by atoms with Crippen LogP contribution in [-0.4, -0.2) is 22.0 Å². The Bertz CT molecular complexity index is 692. The zero-order valence-corrected chi connectivity index (χ0v) is 11.0. The number of H-pyrrole nitrogens is 1. The van der Waals surface area contributed by atoms with E-state index in [-0.39, 0.29) is 16.8 Å². The summed E-state index contributed by atoms with van der Waals surface area (Å²) in [4.78, 5) is 25.8. The molecule has 0 fully saturated rings. The fraction of sp³-hybridized carbons (Fsp3) is 0.143. The summed E-state index contributed by atoms with van der Waals surface area (Å²) in [6.45, 7) is 3.29. The van der Waals surface area contributed by atoms with E-state index in [1.54, 1.807) is 19.9 Å². The van der Waals surface area contributed by atoms with E-state index in [0.29, 0.717) is 11.3 Å². The largest absolute Gasteiger partial charge is 0.478 e. The number of anilines is 1. The fourth-order valence-electron chi connectivity index (χ4n) is 1.89. The molecular formula is C14H13FN2O3. The average Bonchev–Trinajstić information content (AvgIpc) is 2.70. The maximum absolute atomic E-state index is 13.7. The number of aryl methyl sites for hydroxylation is 2. The van der Waals surface area contributed by atoms with Crippen LogP contribution >= 0.6 is 0 Å². The highest BCUT2D eigenvalue weighted by Crippen LogP contribution is 2.20. The number of aromatic carboxylic acids is 1. The van der Waals surface area contributed by atoms with Crippen molar-refractivity contribution in [3.63, 3.8) is 0 Å². The van der Waals surface area contributed by atoms with Crippen molar-refractivity contribution in [2.24, 2.45) is 0 Å². The number of carboxylic acid groups (broad SMARTS) is 1. The van der Waals surface area contributed by atoms with Crippen LogP contribution < -0.4 is 5.32 Å². The smallest absolute Gasteiger partial charge is 0.339 e. The molecule has 104 valence electrons. The second-order valence-corrected chi connectivity index (χ2v) is 4.44. The predicted molar refractivity (Wildman–Crippen MR) is 71.6 cm³/mol. The molecule has 2 rings (SSSR count). The molecule has 6 heteroatoms. The second kappa shape index (κ2) is 5.16. The van der Waals surface area contributed by atoms with Crippen LogP contribution in [0.15, 0.2) is 24.4 Å². The summed E-state index contributed by atoms with van der Waals surface area (Å²) < 4.78 is 13.7. The first-order valence-electron chi connectivity index (χ1n) is 5.89. The number of rotatable bonds is 3. The van der Waals surface area contributed by atoms with Crippen molar-refractivity contribution < 1.29 is 19.1 Å². The van der Waals surface area contributed by atoms with Gasteiger partial charge in [-0.3, -0.25) is 4.79 Å². The summed E-state index contributed by atoms with van der Waals surface area (Å²) in [6, 6.07) is 4.22. The van der Waals surface area contributed by atoms with Gasteiger partial charge in [0.25, 0.3) is 5.91 Å². The molecule has 0 aliphatic rings. The van der Waals surface area contributed by atoms with E-state index >= 15 is 0 Å². The maximum atomic E-state index is 13.7. The molecular weight excluding hydrogens is 263 g/mol. The highest BCUT2D eigenvalue weighted by atomic mass is 19.1. The molecule has 0 atom stereocenters. The van der Waals surface area contributed by atoms with E-state index in [2.05, 4.69) is 10.3 Å². The normalized spacial score (nSPS) is 10.3. The Morgan fingerprint density at radius 1 is 1.30 bits per heavy atom. The second-order valence-electron chi connectivity index (χ2n) is 4.44. The van der Waals surface area contributed by atoms with Gasteiger partial charge in [-0.25, -0.2) is 9.18 Å². The minimum atomic E-state index is -1.16. The quantitative estimate of drug-likeness (QED) is 0.806. The molecule has 0 saturated carbocycles. The SMILES string of the molecule is Cc1ccc(C(=O)Nc2c[nH]c(C)c2C(=O)O)c(F)c1. The van der Waals surface area contributed by atoms with Gasteiger partial charge in [-0.2, -0.15) is 0 Å². The Kier molecular flexibility index (Phi) is 3.56. The summed E-state index contributed by atoms with van der Waals surface area (Å²) in [6.07, 6.45) is 1.36. The average molecular weight is 276 g/mol. The first-order chi connectivity index (χ1) is 9.40. The van der Waals surface area contributed by atoms with Crippen molar-refractivity contribution in [2.45, 2.75) is 13.8 Å². The highest BCUT2D eigenvalue weighted by molar-refractivity contribution is 6.08. The predicted octanol–water partition coefficient (Wildman–Crippen LogP) is 2.72.